The quantitative estimate of drug-likeness (QED) is 0.673. The van der Waals surface area contributed by atoms with Crippen molar-refractivity contribution >= 4 is 21.6 Å². The molecule has 0 aliphatic rings. The number of nitrogens with one attached hydrogen (secondary N) is 1. The molecule has 0 aliphatic carbocycles. The summed E-state index contributed by atoms with van der Waals surface area (Å²) in [5.41, 5.74) is -1.96. The minimum atomic E-state index is -1.38. The van der Waals surface area contributed by atoms with Crippen LogP contribution in [-0.4, -0.2) is 14.9 Å². The van der Waals surface area contributed by atoms with Gasteiger partial charge in [-0.3, -0.25) is 14.9 Å². The van der Waals surface area contributed by atoms with Gasteiger partial charge >= 0.3 is 5.69 Å². The number of H-pyrrole nitrogens is 1. The fourth-order valence-corrected chi connectivity index (χ4v) is 2.23. The third-order valence-corrected chi connectivity index (χ3v) is 3.59. The van der Waals surface area contributed by atoms with Crippen molar-refractivity contribution in [1.82, 2.24) is 9.97 Å². The first-order valence-electron chi connectivity index (χ1n) is 5.78. The van der Waals surface area contributed by atoms with Crippen molar-refractivity contribution in [3.8, 4) is 11.4 Å². The average molecular weight is 360 g/mol. The van der Waals surface area contributed by atoms with Gasteiger partial charge in [0.1, 0.15) is 16.1 Å². The largest absolute Gasteiger partial charge is 0.305 e. The number of hydrogen-bond acceptors (Lipinski definition) is 4. The molecule has 0 unspecified atom stereocenters. The van der Waals surface area contributed by atoms with E-state index in [1.165, 1.54) is 0 Å². The molecule has 1 aromatic carbocycles. The Labute approximate surface area is 125 Å². The molecule has 0 bridgehead atoms. The highest BCUT2D eigenvalue weighted by atomic mass is 79.9. The zero-order valence-corrected chi connectivity index (χ0v) is 12.2. The Balaban J connectivity index is 2.78. The van der Waals surface area contributed by atoms with Crippen LogP contribution in [-0.2, 0) is 6.42 Å². The van der Waals surface area contributed by atoms with Crippen LogP contribution in [0.25, 0.3) is 11.4 Å². The van der Waals surface area contributed by atoms with Gasteiger partial charge in [0, 0.05) is 6.07 Å². The second kappa shape index (κ2) is 5.68. The van der Waals surface area contributed by atoms with Gasteiger partial charge in [0.2, 0.25) is 5.82 Å². The molecular formula is C12H8BrF2N3O3. The molecule has 21 heavy (non-hydrogen) atoms. The molecule has 9 heteroatoms. The molecule has 0 radical (unpaired) electrons. The fraction of sp³-hybridized carbons (Fsp3) is 0.167. The second-order valence-electron chi connectivity index (χ2n) is 4.04. The van der Waals surface area contributed by atoms with Crippen molar-refractivity contribution in [2.75, 3.05) is 0 Å². The SMILES string of the molecule is CCc1nc(-c2c(F)ccc([N+](=O)[O-])c2F)[nH]c(=O)c1Br. The number of nitro groups is 1. The van der Waals surface area contributed by atoms with E-state index >= 15 is 0 Å². The van der Waals surface area contributed by atoms with Crippen LogP contribution in [0.2, 0.25) is 0 Å². The standard InChI is InChI=1S/C12H8BrF2N3O3/c1-2-6-9(13)12(19)17-11(16-6)8-5(14)3-4-7(10(8)15)18(20)21/h3-4H,2H2,1H3,(H,16,17,19). The predicted octanol–water partition coefficient (Wildman–Crippen LogP) is 2.95. The molecule has 1 aromatic heterocycles. The van der Waals surface area contributed by atoms with Crippen molar-refractivity contribution in [2.45, 2.75) is 13.3 Å². The van der Waals surface area contributed by atoms with Crippen molar-refractivity contribution in [3.63, 3.8) is 0 Å². The van der Waals surface area contributed by atoms with Crippen LogP contribution in [0, 0.1) is 21.7 Å². The summed E-state index contributed by atoms with van der Waals surface area (Å²) in [7, 11) is 0. The Hall–Kier alpha value is -2.16. The number of benzene rings is 1. The van der Waals surface area contributed by atoms with Crippen LogP contribution in [0.5, 0.6) is 0 Å². The second-order valence-corrected chi connectivity index (χ2v) is 4.83. The van der Waals surface area contributed by atoms with Crippen LogP contribution in [0.4, 0.5) is 14.5 Å². The zero-order chi connectivity index (χ0) is 15.7. The van der Waals surface area contributed by atoms with Gasteiger partial charge in [-0.05, 0) is 28.4 Å². The molecule has 1 N–H and O–H groups in total. The lowest BCUT2D eigenvalue weighted by Gasteiger charge is -2.07. The monoisotopic (exact) mass is 359 g/mol. The van der Waals surface area contributed by atoms with E-state index in [4.69, 9.17) is 0 Å². The first-order valence-corrected chi connectivity index (χ1v) is 6.57. The maximum Gasteiger partial charge on any atom is 0.305 e. The Morgan fingerprint density at radius 3 is 2.67 bits per heavy atom. The number of hydrogen-bond donors (Lipinski definition) is 1. The lowest BCUT2D eigenvalue weighted by Crippen LogP contribution is -2.14. The van der Waals surface area contributed by atoms with Gasteiger partial charge in [-0.2, -0.15) is 4.39 Å². The van der Waals surface area contributed by atoms with E-state index in [1.54, 1.807) is 6.92 Å². The van der Waals surface area contributed by atoms with Crippen LogP contribution in [0.1, 0.15) is 12.6 Å². The van der Waals surface area contributed by atoms with Gasteiger partial charge in [-0.25, -0.2) is 9.37 Å². The van der Waals surface area contributed by atoms with Crippen LogP contribution >= 0.6 is 15.9 Å². The summed E-state index contributed by atoms with van der Waals surface area (Å²) in [6.07, 6.45) is 0.343. The van der Waals surface area contributed by atoms with Gasteiger partial charge < -0.3 is 4.98 Å². The Kier molecular flexibility index (Phi) is 4.12. The van der Waals surface area contributed by atoms with E-state index in [-0.39, 0.29) is 4.47 Å². The van der Waals surface area contributed by atoms with Crippen molar-refractivity contribution in [3.05, 3.63) is 54.4 Å². The third kappa shape index (κ3) is 2.68. The minimum absolute atomic E-state index is 0.153. The Morgan fingerprint density at radius 1 is 1.43 bits per heavy atom. The highest BCUT2D eigenvalue weighted by Crippen LogP contribution is 2.29. The molecule has 0 spiro atoms. The highest BCUT2D eigenvalue weighted by molar-refractivity contribution is 9.10. The fourth-order valence-electron chi connectivity index (χ4n) is 1.76. The summed E-state index contributed by atoms with van der Waals surface area (Å²) in [6, 6.07) is 1.47. The van der Waals surface area contributed by atoms with E-state index in [9.17, 15) is 23.7 Å². The molecule has 0 saturated heterocycles. The summed E-state index contributed by atoms with van der Waals surface area (Å²) in [6.45, 7) is 1.70. The molecule has 2 aromatic rings. The first kappa shape index (κ1) is 15.2. The number of nitro benzene ring substituents is 1. The average Bonchev–Trinajstić information content (AvgIpc) is 2.42. The molecule has 6 nitrogen and oxygen atoms in total. The minimum Gasteiger partial charge on any atom is -0.305 e. The topological polar surface area (TPSA) is 88.9 Å². The highest BCUT2D eigenvalue weighted by Gasteiger charge is 2.24. The molecule has 0 fully saturated rings. The van der Waals surface area contributed by atoms with E-state index in [0.29, 0.717) is 18.2 Å². The van der Waals surface area contributed by atoms with E-state index < -0.39 is 39.2 Å². The summed E-state index contributed by atoms with van der Waals surface area (Å²) < 4.78 is 28.0. The van der Waals surface area contributed by atoms with Gasteiger partial charge in [0.05, 0.1) is 16.2 Å². The Morgan fingerprint density at radius 2 is 2.10 bits per heavy atom. The normalized spacial score (nSPS) is 10.7. The van der Waals surface area contributed by atoms with Crippen LogP contribution in [0.15, 0.2) is 21.4 Å². The van der Waals surface area contributed by atoms with E-state index in [0.717, 1.165) is 6.07 Å². The van der Waals surface area contributed by atoms with E-state index in [1.807, 2.05) is 0 Å². The maximum atomic E-state index is 14.1. The number of aromatic amines is 1. The summed E-state index contributed by atoms with van der Waals surface area (Å²) in [5, 5.41) is 10.7. The summed E-state index contributed by atoms with van der Waals surface area (Å²) >= 11 is 3.02. The summed E-state index contributed by atoms with van der Waals surface area (Å²) in [4.78, 5) is 27.6. The molecule has 0 amide bonds. The van der Waals surface area contributed by atoms with Gasteiger partial charge in [0.15, 0.2) is 0 Å². The molecule has 0 saturated carbocycles. The molecule has 2 rings (SSSR count). The van der Waals surface area contributed by atoms with Gasteiger partial charge in [0.25, 0.3) is 5.56 Å². The summed E-state index contributed by atoms with van der Waals surface area (Å²) in [5.74, 6) is -2.82. The maximum absolute atomic E-state index is 14.1. The van der Waals surface area contributed by atoms with E-state index in [2.05, 4.69) is 25.9 Å². The molecule has 0 atom stereocenters. The molecular weight excluding hydrogens is 352 g/mol. The molecule has 0 aliphatic heterocycles. The molecule has 1 heterocycles. The Bertz CT molecular complexity index is 792. The number of halogens is 3. The molecule has 110 valence electrons. The van der Waals surface area contributed by atoms with Crippen molar-refractivity contribution in [1.29, 1.82) is 0 Å². The predicted molar refractivity (Wildman–Crippen MR) is 73.9 cm³/mol. The van der Waals surface area contributed by atoms with Crippen molar-refractivity contribution < 1.29 is 13.7 Å². The lowest BCUT2D eigenvalue weighted by molar-refractivity contribution is -0.387. The van der Waals surface area contributed by atoms with Gasteiger partial charge in [-0.1, -0.05) is 6.92 Å². The van der Waals surface area contributed by atoms with Gasteiger partial charge in [-0.15, -0.1) is 0 Å². The van der Waals surface area contributed by atoms with Crippen molar-refractivity contribution in [2.24, 2.45) is 0 Å². The number of aryl methyl sites for hydroxylation is 1. The lowest BCUT2D eigenvalue weighted by atomic mass is 10.1. The first-order chi connectivity index (χ1) is 9.86. The van der Waals surface area contributed by atoms with Crippen LogP contribution in [0.3, 0.4) is 0 Å². The smallest absolute Gasteiger partial charge is 0.305 e. The van der Waals surface area contributed by atoms with Crippen LogP contribution < -0.4 is 5.56 Å². The number of aromatic nitrogens is 2. The number of nitrogens with zero attached hydrogens (tertiary/aromatic N) is 2. The number of rotatable bonds is 3. The zero-order valence-electron chi connectivity index (χ0n) is 10.6. The third-order valence-electron chi connectivity index (χ3n) is 2.77.